The molecule has 0 atom stereocenters. The first-order valence-corrected chi connectivity index (χ1v) is 7.69. The number of benzene rings is 2. The second-order valence-electron chi connectivity index (χ2n) is 5.38. The van der Waals surface area contributed by atoms with Crippen molar-refractivity contribution in [2.45, 2.75) is 6.92 Å². The quantitative estimate of drug-likeness (QED) is 0.540. The summed E-state index contributed by atoms with van der Waals surface area (Å²) in [7, 11) is 0. The van der Waals surface area contributed by atoms with E-state index in [0.29, 0.717) is 22.0 Å². The number of H-pyrrole nitrogens is 1. The molecule has 0 aliphatic carbocycles. The second kappa shape index (κ2) is 6.74. The van der Waals surface area contributed by atoms with Crippen molar-refractivity contribution in [3.63, 3.8) is 0 Å². The molecule has 0 aliphatic rings. The van der Waals surface area contributed by atoms with Crippen molar-refractivity contribution in [2.75, 3.05) is 5.32 Å². The molecule has 0 radical (unpaired) electrons. The van der Waals surface area contributed by atoms with Crippen molar-refractivity contribution < 1.29 is 9.72 Å². The fraction of sp³-hybridized carbons (Fsp3) is 0.0588. The van der Waals surface area contributed by atoms with Gasteiger partial charge in [-0.1, -0.05) is 23.7 Å². The molecule has 0 fully saturated rings. The zero-order valence-corrected chi connectivity index (χ0v) is 13.9. The number of nitrogens with zero attached hydrogens (tertiary/aromatic N) is 2. The average molecular weight is 357 g/mol. The standard InChI is InChI=1S/C17H13ClN4O3/c1-10-8-13(22(24)25)6-7-14(10)19-17(23)16-9-15(20-21-16)11-2-4-12(18)5-3-11/h2-9H,1H3,(H,19,23)(H,20,21). The summed E-state index contributed by atoms with van der Waals surface area (Å²) in [6.45, 7) is 1.69. The largest absolute Gasteiger partial charge is 0.320 e. The van der Waals surface area contributed by atoms with E-state index in [4.69, 9.17) is 11.6 Å². The Morgan fingerprint density at radius 3 is 2.56 bits per heavy atom. The number of carbonyl (C=O) groups excluding carboxylic acids is 1. The maximum absolute atomic E-state index is 12.3. The fourth-order valence-electron chi connectivity index (χ4n) is 2.30. The van der Waals surface area contributed by atoms with Gasteiger partial charge in [0.25, 0.3) is 11.6 Å². The summed E-state index contributed by atoms with van der Waals surface area (Å²) in [4.78, 5) is 22.6. The van der Waals surface area contributed by atoms with Crippen LogP contribution >= 0.6 is 11.6 Å². The van der Waals surface area contributed by atoms with E-state index >= 15 is 0 Å². The molecule has 0 bridgehead atoms. The van der Waals surface area contributed by atoms with Crippen LogP contribution in [-0.2, 0) is 0 Å². The zero-order chi connectivity index (χ0) is 18.0. The first-order valence-electron chi connectivity index (χ1n) is 7.32. The number of aryl methyl sites for hydroxylation is 1. The number of anilines is 1. The highest BCUT2D eigenvalue weighted by Gasteiger charge is 2.14. The smallest absolute Gasteiger partial charge is 0.273 e. The van der Waals surface area contributed by atoms with Gasteiger partial charge in [-0.05, 0) is 36.8 Å². The van der Waals surface area contributed by atoms with Crippen LogP contribution in [0.5, 0.6) is 0 Å². The number of hydrogen-bond donors (Lipinski definition) is 2. The van der Waals surface area contributed by atoms with E-state index in [-0.39, 0.29) is 17.3 Å². The summed E-state index contributed by atoms with van der Waals surface area (Å²) in [6, 6.07) is 13.0. The molecule has 0 saturated heterocycles. The lowest BCUT2D eigenvalue weighted by atomic mass is 10.1. The van der Waals surface area contributed by atoms with Gasteiger partial charge >= 0.3 is 0 Å². The number of nitrogens with one attached hydrogen (secondary N) is 2. The molecule has 1 aromatic heterocycles. The molecule has 1 amide bonds. The van der Waals surface area contributed by atoms with E-state index in [1.54, 1.807) is 37.3 Å². The summed E-state index contributed by atoms with van der Waals surface area (Å²) >= 11 is 5.86. The second-order valence-corrected chi connectivity index (χ2v) is 5.82. The van der Waals surface area contributed by atoms with Crippen LogP contribution < -0.4 is 5.32 Å². The average Bonchev–Trinajstić information content (AvgIpc) is 3.07. The highest BCUT2D eigenvalue weighted by atomic mass is 35.5. The number of aromatic nitrogens is 2. The molecule has 1 heterocycles. The van der Waals surface area contributed by atoms with Gasteiger partial charge in [-0.3, -0.25) is 20.0 Å². The van der Waals surface area contributed by atoms with Gasteiger partial charge in [-0.2, -0.15) is 5.10 Å². The summed E-state index contributed by atoms with van der Waals surface area (Å²) < 4.78 is 0. The van der Waals surface area contributed by atoms with Crippen LogP contribution in [0.25, 0.3) is 11.3 Å². The molecule has 0 saturated carbocycles. The normalized spacial score (nSPS) is 10.5. The number of hydrogen-bond acceptors (Lipinski definition) is 4. The molecule has 8 heteroatoms. The number of nitro groups is 1. The number of halogens is 1. The fourth-order valence-corrected chi connectivity index (χ4v) is 2.42. The Morgan fingerprint density at radius 1 is 1.20 bits per heavy atom. The highest BCUT2D eigenvalue weighted by molar-refractivity contribution is 6.30. The van der Waals surface area contributed by atoms with Gasteiger partial charge in [0.15, 0.2) is 0 Å². The number of amides is 1. The summed E-state index contributed by atoms with van der Waals surface area (Å²) in [5.41, 5.74) is 2.79. The topological polar surface area (TPSA) is 101 Å². The molecule has 2 aromatic carbocycles. The van der Waals surface area contributed by atoms with Crippen LogP contribution in [-0.4, -0.2) is 21.0 Å². The van der Waals surface area contributed by atoms with Crippen molar-refractivity contribution in [1.82, 2.24) is 10.2 Å². The number of nitro benzene ring substituents is 1. The van der Waals surface area contributed by atoms with Gasteiger partial charge in [0.1, 0.15) is 5.69 Å². The first kappa shape index (κ1) is 16.7. The lowest BCUT2D eigenvalue weighted by Gasteiger charge is -2.06. The van der Waals surface area contributed by atoms with Crippen molar-refractivity contribution in [1.29, 1.82) is 0 Å². The number of non-ortho nitro benzene ring substituents is 1. The van der Waals surface area contributed by atoms with E-state index < -0.39 is 4.92 Å². The molecule has 0 spiro atoms. The van der Waals surface area contributed by atoms with Gasteiger partial charge in [-0.25, -0.2) is 0 Å². The van der Waals surface area contributed by atoms with Crippen LogP contribution in [0.15, 0.2) is 48.5 Å². The maximum Gasteiger partial charge on any atom is 0.273 e. The number of rotatable bonds is 4. The highest BCUT2D eigenvalue weighted by Crippen LogP contribution is 2.23. The lowest BCUT2D eigenvalue weighted by molar-refractivity contribution is -0.384. The van der Waals surface area contributed by atoms with Gasteiger partial charge in [0, 0.05) is 28.4 Å². The Balaban J connectivity index is 1.78. The van der Waals surface area contributed by atoms with E-state index in [9.17, 15) is 14.9 Å². The molecule has 0 unspecified atom stereocenters. The minimum Gasteiger partial charge on any atom is -0.320 e. The predicted molar refractivity (Wildman–Crippen MR) is 94.8 cm³/mol. The third-order valence-electron chi connectivity index (χ3n) is 3.63. The minimum absolute atomic E-state index is 0.0259. The Hall–Kier alpha value is -3.19. The van der Waals surface area contributed by atoms with Gasteiger partial charge in [0.05, 0.1) is 10.6 Å². The third-order valence-corrected chi connectivity index (χ3v) is 3.88. The third kappa shape index (κ3) is 3.67. The summed E-state index contributed by atoms with van der Waals surface area (Å²) in [5.74, 6) is -0.385. The van der Waals surface area contributed by atoms with Gasteiger partial charge in [-0.15, -0.1) is 0 Å². The molecule has 7 nitrogen and oxygen atoms in total. The van der Waals surface area contributed by atoms with Crippen molar-refractivity contribution >= 4 is 28.9 Å². The first-order chi connectivity index (χ1) is 11.9. The van der Waals surface area contributed by atoms with E-state index in [2.05, 4.69) is 15.5 Å². The molecule has 2 N–H and O–H groups in total. The Morgan fingerprint density at radius 2 is 1.92 bits per heavy atom. The molecule has 25 heavy (non-hydrogen) atoms. The van der Waals surface area contributed by atoms with E-state index in [0.717, 1.165) is 5.56 Å². The van der Waals surface area contributed by atoms with Gasteiger partial charge < -0.3 is 5.32 Å². The molecular formula is C17H13ClN4O3. The monoisotopic (exact) mass is 356 g/mol. The Kier molecular flexibility index (Phi) is 4.49. The molecule has 3 rings (SSSR count). The summed E-state index contributed by atoms with van der Waals surface area (Å²) in [6.07, 6.45) is 0. The van der Waals surface area contributed by atoms with E-state index in [1.165, 1.54) is 18.2 Å². The maximum atomic E-state index is 12.3. The minimum atomic E-state index is -0.480. The van der Waals surface area contributed by atoms with Crippen molar-refractivity contribution in [2.24, 2.45) is 0 Å². The SMILES string of the molecule is Cc1cc([N+](=O)[O-])ccc1NC(=O)c1cc(-c2ccc(Cl)cc2)n[nH]1. The van der Waals surface area contributed by atoms with Crippen LogP contribution in [0.3, 0.4) is 0 Å². The van der Waals surface area contributed by atoms with Crippen LogP contribution in [0, 0.1) is 17.0 Å². The molecule has 126 valence electrons. The lowest BCUT2D eigenvalue weighted by Crippen LogP contribution is -2.13. The zero-order valence-electron chi connectivity index (χ0n) is 13.1. The molecular weight excluding hydrogens is 344 g/mol. The number of aromatic amines is 1. The van der Waals surface area contributed by atoms with Crippen molar-refractivity contribution in [3.05, 3.63) is 74.9 Å². The van der Waals surface area contributed by atoms with Gasteiger partial charge in [0.2, 0.25) is 0 Å². The molecule has 0 aliphatic heterocycles. The van der Waals surface area contributed by atoms with Crippen molar-refractivity contribution in [3.8, 4) is 11.3 Å². The Labute approximate surface area is 147 Å². The van der Waals surface area contributed by atoms with Crippen LogP contribution in [0.2, 0.25) is 5.02 Å². The van der Waals surface area contributed by atoms with Crippen LogP contribution in [0.1, 0.15) is 16.1 Å². The summed E-state index contributed by atoms with van der Waals surface area (Å²) in [5, 5.41) is 20.9. The Bertz CT molecular complexity index is 951. The number of carbonyl (C=O) groups is 1. The molecule has 3 aromatic rings. The van der Waals surface area contributed by atoms with E-state index in [1.807, 2.05) is 0 Å². The predicted octanol–water partition coefficient (Wildman–Crippen LogP) is 4.20. The van der Waals surface area contributed by atoms with Crippen LogP contribution in [0.4, 0.5) is 11.4 Å².